The highest BCUT2D eigenvalue weighted by atomic mass is 35.5. The van der Waals surface area contributed by atoms with Gasteiger partial charge in [-0.3, -0.25) is 4.79 Å². The van der Waals surface area contributed by atoms with Gasteiger partial charge in [0.1, 0.15) is 0 Å². The Labute approximate surface area is 95.4 Å². The van der Waals surface area contributed by atoms with Crippen molar-refractivity contribution >= 4 is 17.4 Å². The zero-order chi connectivity index (χ0) is 12.3. The summed E-state index contributed by atoms with van der Waals surface area (Å²) in [5.74, 6) is -0.474. The van der Waals surface area contributed by atoms with Crippen molar-refractivity contribution in [2.75, 3.05) is 13.6 Å². The summed E-state index contributed by atoms with van der Waals surface area (Å²) in [5, 5.41) is 2.58. The molecule has 0 aliphatic heterocycles. The summed E-state index contributed by atoms with van der Waals surface area (Å²) in [6.45, 7) is -0.0545. The van der Waals surface area contributed by atoms with Gasteiger partial charge in [-0.25, -0.2) is 0 Å². The summed E-state index contributed by atoms with van der Waals surface area (Å²) in [7, 11) is 1.53. The summed E-state index contributed by atoms with van der Waals surface area (Å²) in [6, 6.07) is 2.69. The lowest BCUT2D eigenvalue weighted by molar-refractivity contribution is -0.137. The highest BCUT2D eigenvalue weighted by Crippen LogP contribution is 2.31. The number of hydrogen-bond acceptors (Lipinski definition) is 2. The van der Waals surface area contributed by atoms with Crippen molar-refractivity contribution in [3.63, 3.8) is 0 Å². The highest BCUT2D eigenvalue weighted by Gasteiger charge is 2.31. The van der Waals surface area contributed by atoms with Crippen molar-refractivity contribution in [3.05, 3.63) is 34.3 Å². The van der Waals surface area contributed by atoms with Crippen molar-refractivity contribution in [3.8, 4) is 0 Å². The molecule has 0 aliphatic rings. The molecule has 0 radical (unpaired) electrons. The molecule has 0 unspecified atom stereocenters. The Bertz CT molecular complexity index is 404. The maximum absolute atomic E-state index is 12.4. The molecule has 1 N–H and O–H groups in total. The van der Waals surface area contributed by atoms with Crippen molar-refractivity contribution in [2.24, 2.45) is 0 Å². The molecule has 1 aromatic rings. The lowest BCUT2D eigenvalue weighted by Crippen LogP contribution is -2.19. The van der Waals surface area contributed by atoms with Crippen LogP contribution in [0.4, 0.5) is 13.2 Å². The van der Waals surface area contributed by atoms with E-state index in [1.54, 1.807) is 0 Å². The van der Waals surface area contributed by atoms with Crippen molar-refractivity contribution in [1.29, 1.82) is 0 Å². The minimum atomic E-state index is -4.47. The predicted octanol–water partition coefficient (Wildman–Crippen LogP) is 2.76. The van der Waals surface area contributed by atoms with Gasteiger partial charge in [0.25, 0.3) is 0 Å². The van der Waals surface area contributed by atoms with E-state index in [1.807, 2.05) is 0 Å². The molecule has 0 saturated carbocycles. The van der Waals surface area contributed by atoms with Crippen LogP contribution in [0.3, 0.4) is 0 Å². The molecule has 2 nitrogen and oxygen atoms in total. The Balaban J connectivity index is 3.14. The Kier molecular flexibility index (Phi) is 3.93. The number of likely N-dealkylation sites (N-methyl/N-ethyl adjacent to an activating group) is 1. The Morgan fingerprint density at radius 1 is 1.44 bits per heavy atom. The number of hydrogen-bond donors (Lipinski definition) is 1. The minimum Gasteiger partial charge on any atom is -0.313 e. The first-order chi connectivity index (χ1) is 7.36. The lowest BCUT2D eigenvalue weighted by Gasteiger charge is -2.09. The molecule has 0 bridgehead atoms. The monoisotopic (exact) mass is 251 g/mol. The smallest absolute Gasteiger partial charge is 0.313 e. The number of halogens is 4. The molecular weight excluding hydrogens is 243 g/mol. The number of alkyl halides is 3. The third-order valence-electron chi connectivity index (χ3n) is 1.93. The zero-order valence-electron chi connectivity index (χ0n) is 8.36. The minimum absolute atomic E-state index is 0.0215. The van der Waals surface area contributed by atoms with Crippen LogP contribution in [0.5, 0.6) is 0 Å². The molecule has 0 heterocycles. The molecule has 16 heavy (non-hydrogen) atoms. The molecule has 88 valence electrons. The van der Waals surface area contributed by atoms with Crippen LogP contribution in [0, 0.1) is 0 Å². The van der Waals surface area contributed by atoms with E-state index in [9.17, 15) is 18.0 Å². The van der Waals surface area contributed by atoms with Gasteiger partial charge >= 0.3 is 6.18 Å². The summed E-state index contributed by atoms with van der Waals surface area (Å²) in [5.41, 5.74) is -0.998. The first kappa shape index (κ1) is 13.0. The molecule has 1 rings (SSSR count). The fraction of sp³-hybridized carbons (Fsp3) is 0.300. The molecule has 1 aromatic carbocycles. The second-order valence-electron chi connectivity index (χ2n) is 3.15. The van der Waals surface area contributed by atoms with Gasteiger partial charge in [-0.2, -0.15) is 13.2 Å². The summed E-state index contributed by atoms with van der Waals surface area (Å²) in [4.78, 5) is 11.4. The van der Waals surface area contributed by atoms with Crippen LogP contribution >= 0.6 is 11.6 Å². The molecule has 0 amide bonds. The number of nitrogens with one attached hydrogen (secondary N) is 1. The number of benzene rings is 1. The van der Waals surface area contributed by atoms with Crippen LogP contribution in [-0.4, -0.2) is 19.4 Å². The standard InChI is InChI=1S/C10H9ClF3NO/c1-15-5-9(16)7-4-6(10(12,13)14)2-3-8(7)11/h2-4,15H,5H2,1H3. The summed E-state index contributed by atoms with van der Waals surface area (Å²) >= 11 is 5.66. The van der Waals surface area contributed by atoms with Crippen LogP contribution in [0.15, 0.2) is 18.2 Å². The number of carbonyl (C=O) groups is 1. The highest BCUT2D eigenvalue weighted by molar-refractivity contribution is 6.34. The van der Waals surface area contributed by atoms with Crippen LogP contribution < -0.4 is 5.32 Å². The average molecular weight is 252 g/mol. The van der Waals surface area contributed by atoms with E-state index in [0.29, 0.717) is 0 Å². The molecule has 0 aliphatic carbocycles. The Morgan fingerprint density at radius 3 is 2.56 bits per heavy atom. The van der Waals surface area contributed by atoms with Gasteiger partial charge in [-0.1, -0.05) is 11.6 Å². The average Bonchev–Trinajstić information content (AvgIpc) is 2.16. The first-order valence-electron chi connectivity index (χ1n) is 4.41. The number of rotatable bonds is 3. The fourth-order valence-electron chi connectivity index (χ4n) is 1.17. The van der Waals surface area contributed by atoms with Crippen LogP contribution in [0.2, 0.25) is 5.02 Å². The second-order valence-corrected chi connectivity index (χ2v) is 3.55. The van der Waals surface area contributed by atoms with E-state index in [1.165, 1.54) is 7.05 Å². The maximum atomic E-state index is 12.4. The molecule has 0 aromatic heterocycles. The first-order valence-corrected chi connectivity index (χ1v) is 4.78. The van der Waals surface area contributed by atoms with Crippen molar-refractivity contribution in [1.82, 2.24) is 5.32 Å². The van der Waals surface area contributed by atoms with Crippen molar-refractivity contribution in [2.45, 2.75) is 6.18 Å². The number of ketones is 1. The van der Waals surface area contributed by atoms with E-state index in [-0.39, 0.29) is 17.1 Å². The molecule has 0 spiro atoms. The normalized spacial score (nSPS) is 11.6. The van der Waals surface area contributed by atoms with Gasteiger partial charge in [0, 0.05) is 5.56 Å². The number of carbonyl (C=O) groups excluding carboxylic acids is 1. The largest absolute Gasteiger partial charge is 0.416 e. The molecule has 0 fully saturated rings. The van der Waals surface area contributed by atoms with Gasteiger partial charge in [-0.05, 0) is 25.2 Å². The predicted molar refractivity (Wildman–Crippen MR) is 54.7 cm³/mol. The Morgan fingerprint density at radius 2 is 2.06 bits per heavy atom. The zero-order valence-corrected chi connectivity index (χ0v) is 9.12. The van der Waals surface area contributed by atoms with E-state index in [0.717, 1.165) is 18.2 Å². The topological polar surface area (TPSA) is 29.1 Å². The van der Waals surface area contributed by atoms with Gasteiger partial charge in [0.2, 0.25) is 0 Å². The fourth-order valence-corrected chi connectivity index (χ4v) is 1.39. The van der Waals surface area contributed by atoms with E-state index < -0.39 is 17.5 Å². The molecule has 0 atom stereocenters. The van der Waals surface area contributed by atoms with Gasteiger partial charge in [-0.15, -0.1) is 0 Å². The summed E-state index contributed by atoms with van der Waals surface area (Å²) in [6.07, 6.45) is -4.47. The van der Waals surface area contributed by atoms with Crippen LogP contribution in [0.1, 0.15) is 15.9 Å². The second kappa shape index (κ2) is 4.84. The van der Waals surface area contributed by atoms with Gasteiger partial charge in [0.05, 0.1) is 17.1 Å². The third kappa shape index (κ3) is 2.96. The van der Waals surface area contributed by atoms with Gasteiger partial charge < -0.3 is 5.32 Å². The van der Waals surface area contributed by atoms with E-state index in [4.69, 9.17) is 11.6 Å². The molecule has 0 saturated heterocycles. The lowest BCUT2D eigenvalue weighted by atomic mass is 10.1. The van der Waals surface area contributed by atoms with Crippen molar-refractivity contribution < 1.29 is 18.0 Å². The van der Waals surface area contributed by atoms with Crippen LogP contribution in [0.25, 0.3) is 0 Å². The SMILES string of the molecule is CNCC(=O)c1cc(C(F)(F)F)ccc1Cl. The van der Waals surface area contributed by atoms with E-state index in [2.05, 4.69) is 5.32 Å². The van der Waals surface area contributed by atoms with Gasteiger partial charge in [0.15, 0.2) is 5.78 Å². The number of Topliss-reactive ketones (excluding diaryl/α,β-unsaturated/α-hetero) is 1. The quantitative estimate of drug-likeness (QED) is 0.837. The summed E-state index contributed by atoms with van der Waals surface area (Å²) < 4.78 is 37.1. The van der Waals surface area contributed by atoms with E-state index >= 15 is 0 Å². The molecule has 6 heteroatoms. The van der Waals surface area contributed by atoms with Crippen LogP contribution in [-0.2, 0) is 6.18 Å². The third-order valence-corrected chi connectivity index (χ3v) is 2.26. The molecular formula is C10H9ClF3NO. The Hall–Kier alpha value is -1.07. The maximum Gasteiger partial charge on any atom is 0.416 e.